The van der Waals surface area contributed by atoms with Gasteiger partial charge in [-0.2, -0.15) is 0 Å². The molecule has 5 aromatic carbocycles. The second-order valence-electron chi connectivity index (χ2n) is 10.7. The Bertz CT molecular complexity index is 2030. The van der Waals surface area contributed by atoms with Crippen molar-refractivity contribution in [2.24, 2.45) is 0 Å². The van der Waals surface area contributed by atoms with Gasteiger partial charge in [0.15, 0.2) is 0 Å². The first-order valence-electron chi connectivity index (χ1n) is 15.4. The molecule has 1 heterocycles. The van der Waals surface area contributed by atoms with Crippen LogP contribution >= 0.6 is 23.1 Å². The van der Waals surface area contributed by atoms with E-state index >= 15 is 0 Å². The van der Waals surface area contributed by atoms with E-state index < -0.39 is 17.1 Å². The largest absolute Gasteiger partial charge is 0.457 e. The summed E-state index contributed by atoms with van der Waals surface area (Å²) in [5.41, 5.74) is 2.52. The van der Waals surface area contributed by atoms with Crippen LogP contribution in [0.25, 0.3) is 6.08 Å². The van der Waals surface area contributed by atoms with Gasteiger partial charge in [0.05, 0.1) is 0 Å². The molecule has 49 heavy (non-hydrogen) atoms. The molecule has 0 saturated heterocycles. The fourth-order valence-electron chi connectivity index (χ4n) is 4.78. The Morgan fingerprint density at radius 3 is 2.02 bits per heavy atom. The molecule has 0 bridgehead atoms. The zero-order valence-corrected chi connectivity index (χ0v) is 27.7. The number of carbonyl (C=O) groups is 3. The van der Waals surface area contributed by atoms with Crippen LogP contribution in [0, 0.1) is 0 Å². The van der Waals surface area contributed by atoms with Crippen LogP contribution in [0.3, 0.4) is 0 Å². The van der Waals surface area contributed by atoms with Crippen LogP contribution in [0.2, 0.25) is 0 Å². The average molecular weight is 682 g/mol. The van der Waals surface area contributed by atoms with Gasteiger partial charge >= 0.3 is 0 Å². The number of hydrogen-bond donors (Lipinski definition) is 3. The second kappa shape index (κ2) is 16.3. The van der Waals surface area contributed by atoms with E-state index in [0.717, 1.165) is 21.1 Å². The fraction of sp³-hybridized carbons (Fsp3) is 0.0250. The van der Waals surface area contributed by atoms with E-state index in [4.69, 9.17) is 4.74 Å². The predicted molar refractivity (Wildman–Crippen MR) is 198 cm³/mol. The van der Waals surface area contributed by atoms with E-state index in [1.54, 1.807) is 48.5 Å². The van der Waals surface area contributed by atoms with Gasteiger partial charge in [-0.25, -0.2) is 0 Å². The first-order chi connectivity index (χ1) is 24.0. The highest BCUT2D eigenvalue weighted by Gasteiger charge is 2.23. The maximum absolute atomic E-state index is 13.7. The highest BCUT2D eigenvalue weighted by atomic mass is 32.2. The summed E-state index contributed by atoms with van der Waals surface area (Å²) < 4.78 is 5.88. The molecule has 0 spiro atoms. The summed E-state index contributed by atoms with van der Waals surface area (Å²) >= 11 is 2.82. The van der Waals surface area contributed by atoms with Crippen molar-refractivity contribution < 1.29 is 19.1 Å². The first-order valence-corrected chi connectivity index (χ1v) is 17.1. The molecule has 0 aliphatic heterocycles. The molecule has 6 aromatic rings. The van der Waals surface area contributed by atoms with Crippen LogP contribution in [0.15, 0.2) is 168 Å². The summed E-state index contributed by atoms with van der Waals surface area (Å²) in [6.45, 7) is 0. The van der Waals surface area contributed by atoms with Crippen LogP contribution in [0.1, 0.15) is 26.0 Å². The minimum atomic E-state index is -0.591. The van der Waals surface area contributed by atoms with Gasteiger partial charge in [0, 0.05) is 26.7 Å². The third kappa shape index (κ3) is 9.35. The fourth-order valence-corrected chi connectivity index (χ4v) is 6.52. The number of thiophene rings is 1. The van der Waals surface area contributed by atoms with E-state index in [1.807, 2.05) is 115 Å². The maximum atomic E-state index is 13.7. The molecule has 242 valence electrons. The molecule has 1 aromatic heterocycles. The van der Waals surface area contributed by atoms with Crippen LogP contribution in [-0.4, -0.2) is 17.7 Å². The summed E-state index contributed by atoms with van der Waals surface area (Å²) in [5.74, 6) is 0.317. The molecule has 0 aliphatic rings. The monoisotopic (exact) mass is 681 g/mol. The highest BCUT2D eigenvalue weighted by Crippen LogP contribution is 2.37. The third-order valence-corrected chi connectivity index (χ3v) is 9.21. The van der Waals surface area contributed by atoms with E-state index in [9.17, 15) is 14.4 Å². The van der Waals surface area contributed by atoms with Gasteiger partial charge in [-0.1, -0.05) is 78.9 Å². The highest BCUT2D eigenvalue weighted by molar-refractivity contribution is 8.00. The van der Waals surface area contributed by atoms with Crippen molar-refractivity contribution in [2.75, 3.05) is 10.6 Å². The zero-order valence-electron chi connectivity index (χ0n) is 26.1. The molecule has 1 unspecified atom stereocenters. The van der Waals surface area contributed by atoms with Gasteiger partial charge < -0.3 is 20.7 Å². The molecule has 6 rings (SSSR count). The Morgan fingerprint density at radius 2 is 1.33 bits per heavy atom. The van der Waals surface area contributed by atoms with E-state index in [-0.39, 0.29) is 11.6 Å². The van der Waals surface area contributed by atoms with Gasteiger partial charge in [-0.3, -0.25) is 14.4 Å². The summed E-state index contributed by atoms with van der Waals surface area (Å²) in [5, 5.41) is 10.0. The van der Waals surface area contributed by atoms with Crippen molar-refractivity contribution in [3.05, 3.63) is 179 Å². The number of amides is 3. The SMILES string of the molecule is O=C(Nc1cccc(SC(C(=O)Nc2ccc(Oc3ccccc3)cc2)c2ccccc2)c1)/C(=C/c1cccs1)NC(=O)c1ccccc1. The molecule has 0 saturated carbocycles. The summed E-state index contributed by atoms with van der Waals surface area (Å²) in [7, 11) is 0. The molecular weight excluding hydrogens is 651 g/mol. The number of para-hydroxylation sites is 1. The van der Waals surface area contributed by atoms with Crippen molar-refractivity contribution in [2.45, 2.75) is 10.1 Å². The van der Waals surface area contributed by atoms with Gasteiger partial charge in [0.25, 0.3) is 11.8 Å². The first kappa shape index (κ1) is 33.0. The predicted octanol–water partition coefficient (Wildman–Crippen LogP) is 9.42. The number of thioether (sulfide) groups is 1. The summed E-state index contributed by atoms with van der Waals surface area (Å²) in [6, 6.07) is 46.0. The number of rotatable bonds is 12. The quantitative estimate of drug-likeness (QED) is 0.0884. The molecule has 7 nitrogen and oxygen atoms in total. The van der Waals surface area contributed by atoms with Crippen LogP contribution < -0.4 is 20.7 Å². The number of benzene rings is 5. The molecule has 0 aliphatic carbocycles. The molecule has 3 N–H and O–H groups in total. The van der Waals surface area contributed by atoms with E-state index in [2.05, 4.69) is 16.0 Å². The zero-order chi connectivity index (χ0) is 33.8. The van der Waals surface area contributed by atoms with Gasteiger partial charge in [-0.15, -0.1) is 23.1 Å². The number of anilines is 2. The number of carbonyl (C=O) groups excluding carboxylic acids is 3. The minimum Gasteiger partial charge on any atom is -0.457 e. The number of ether oxygens (including phenoxy) is 1. The lowest BCUT2D eigenvalue weighted by molar-refractivity contribution is -0.116. The minimum absolute atomic E-state index is 0.107. The molecule has 0 fully saturated rings. The van der Waals surface area contributed by atoms with Crippen LogP contribution in [0.5, 0.6) is 11.5 Å². The van der Waals surface area contributed by atoms with Crippen LogP contribution in [-0.2, 0) is 9.59 Å². The van der Waals surface area contributed by atoms with Crippen molar-refractivity contribution in [3.63, 3.8) is 0 Å². The Kier molecular flexibility index (Phi) is 11.0. The Morgan fingerprint density at radius 1 is 0.653 bits per heavy atom. The number of hydrogen-bond acceptors (Lipinski definition) is 6. The number of nitrogens with one attached hydrogen (secondary N) is 3. The smallest absolute Gasteiger partial charge is 0.272 e. The van der Waals surface area contributed by atoms with Crippen molar-refractivity contribution in [1.82, 2.24) is 5.32 Å². The maximum Gasteiger partial charge on any atom is 0.272 e. The standard InChI is InChI=1S/C40H31N3O4S2/c44-38(29-14-6-2-7-15-29)43-36(27-34-20-11-25-48-34)39(45)42-31-16-10-19-35(26-31)49-37(28-12-4-1-5-13-28)40(46)41-30-21-23-33(24-22-30)47-32-17-8-3-9-18-32/h1-27,37H,(H,41,46)(H,42,45)(H,43,44)/b36-27-. The average Bonchev–Trinajstić information content (AvgIpc) is 3.66. The molecule has 1 atom stereocenters. The molecular formula is C40H31N3O4S2. The Balaban J connectivity index is 1.17. The molecule has 3 amide bonds. The molecule has 0 radical (unpaired) electrons. The Hall–Kier alpha value is -5.90. The third-order valence-electron chi connectivity index (χ3n) is 7.15. The lowest BCUT2D eigenvalue weighted by Crippen LogP contribution is -2.30. The second-order valence-corrected chi connectivity index (χ2v) is 12.9. The van der Waals surface area contributed by atoms with Crippen molar-refractivity contribution in [1.29, 1.82) is 0 Å². The normalized spacial score (nSPS) is 11.6. The van der Waals surface area contributed by atoms with Crippen LogP contribution in [0.4, 0.5) is 11.4 Å². The van der Waals surface area contributed by atoms with Gasteiger partial charge in [-0.05, 0) is 89.8 Å². The Labute approximate surface area is 292 Å². The van der Waals surface area contributed by atoms with E-state index in [0.29, 0.717) is 22.7 Å². The lowest BCUT2D eigenvalue weighted by Gasteiger charge is -2.18. The lowest BCUT2D eigenvalue weighted by atomic mass is 10.1. The summed E-state index contributed by atoms with van der Waals surface area (Å²) in [6.07, 6.45) is 1.65. The van der Waals surface area contributed by atoms with Crippen molar-refractivity contribution in [3.8, 4) is 11.5 Å². The summed E-state index contributed by atoms with van der Waals surface area (Å²) in [4.78, 5) is 41.8. The van der Waals surface area contributed by atoms with E-state index in [1.165, 1.54) is 23.1 Å². The van der Waals surface area contributed by atoms with Gasteiger partial charge in [0.2, 0.25) is 5.91 Å². The van der Waals surface area contributed by atoms with Gasteiger partial charge in [0.1, 0.15) is 22.4 Å². The van der Waals surface area contributed by atoms with Crippen molar-refractivity contribution >= 4 is 58.3 Å². The topological polar surface area (TPSA) is 96.5 Å². The molecule has 9 heteroatoms.